The number of carbonyl (C=O) groups excluding carboxylic acids is 1. The molecular formula is C19H21NO3S. The molecule has 4 nitrogen and oxygen atoms in total. The minimum atomic E-state index is -0.0252. The third kappa shape index (κ3) is 3.36. The number of ether oxygens (including phenoxy) is 2. The van der Waals surface area contributed by atoms with Gasteiger partial charge in [0.25, 0.3) is 5.91 Å². The summed E-state index contributed by atoms with van der Waals surface area (Å²) in [5.74, 6) is 2.45. The molecule has 126 valence electrons. The van der Waals surface area contributed by atoms with Crippen molar-refractivity contribution in [1.82, 2.24) is 4.90 Å². The lowest BCUT2D eigenvalue weighted by Crippen LogP contribution is -2.30. The van der Waals surface area contributed by atoms with E-state index in [1.54, 1.807) is 26.0 Å². The lowest BCUT2D eigenvalue weighted by molar-refractivity contribution is 0.0760. The van der Waals surface area contributed by atoms with Crippen LogP contribution in [0.15, 0.2) is 42.5 Å². The Hall–Kier alpha value is -2.14. The Kier molecular flexibility index (Phi) is 5.00. The van der Waals surface area contributed by atoms with E-state index in [0.717, 1.165) is 40.5 Å². The third-order valence-corrected chi connectivity index (χ3v) is 5.37. The van der Waals surface area contributed by atoms with Gasteiger partial charge < -0.3 is 14.4 Å². The van der Waals surface area contributed by atoms with Crippen molar-refractivity contribution in [2.75, 3.05) is 26.5 Å². The number of rotatable bonds is 4. The van der Waals surface area contributed by atoms with Crippen LogP contribution >= 0.6 is 11.8 Å². The van der Waals surface area contributed by atoms with Crippen LogP contribution in [0, 0.1) is 6.92 Å². The van der Waals surface area contributed by atoms with Gasteiger partial charge in [-0.05, 0) is 36.8 Å². The quantitative estimate of drug-likeness (QED) is 0.844. The van der Waals surface area contributed by atoms with Crippen molar-refractivity contribution < 1.29 is 14.3 Å². The van der Waals surface area contributed by atoms with Crippen LogP contribution in [0.4, 0.5) is 0 Å². The Morgan fingerprint density at radius 1 is 1.08 bits per heavy atom. The van der Waals surface area contributed by atoms with Crippen LogP contribution in [-0.4, -0.2) is 37.3 Å². The predicted molar refractivity (Wildman–Crippen MR) is 97.0 cm³/mol. The molecule has 0 saturated carbocycles. The fourth-order valence-corrected chi connectivity index (χ4v) is 4.02. The number of aryl methyl sites for hydroxylation is 1. The zero-order valence-electron chi connectivity index (χ0n) is 14.1. The van der Waals surface area contributed by atoms with Crippen molar-refractivity contribution >= 4 is 17.7 Å². The van der Waals surface area contributed by atoms with Crippen molar-refractivity contribution in [3.05, 3.63) is 59.2 Å². The van der Waals surface area contributed by atoms with Crippen molar-refractivity contribution in [3.63, 3.8) is 0 Å². The molecule has 0 bridgehead atoms. The number of benzene rings is 2. The first kappa shape index (κ1) is 16.7. The molecule has 0 aliphatic carbocycles. The van der Waals surface area contributed by atoms with Gasteiger partial charge in [0, 0.05) is 23.9 Å². The summed E-state index contributed by atoms with van der Waals surface area (Å²) in [5.41, 5.74) is 2.90. The van der Waals surface area contributed by atoms with Crippen LogP contribution in [0.2, 0.25) is 0 Å². The minimum absolute atomic E-state index is 0.0252. The number of methoxy groups -OCH3 is 2. The highest BCUT2D eigenvalue weighted by Crippen LogP contribution is 2.41. The molecule has 5 heteroatoms. The molecule has 1 fully saturated rings. The molecular weight excluding hydrogens is 322 g/mol. The van der Waals surface area contributed by atoms with Crippen LogP contribution in [0.3, 0.4) is 0 Å². The van der Waals surface area contributed by atoms with Crippen LogP contribution < -0.4 is 9.47 Å². The Bertz CT molecular complexity index is 708. The molecule has 1 aliphatic heterocycles. The van der Waals surface area contributed by atoms with E-state index in [1.165, 1.54) is 0 Å². The predicted octanol–water partition coefficient (Wildman–Crippen LogP) is 3.90. The molecule has 2 aromatic carbocycles. The monoisotopic (exact) mass is 343 g/mol. The molecule has 1 amide bonds. The Labute approximate surface area is 146 Å². The number of thioether (sulfide) groups is 1. The lowest BCUT2D eigenvalue weighted by Gasteiger charge is -2.25. The average Bonchev–Trinajstić information content (AvgIpc) is 3.11. The molecule has 0 aromatic heterocycles. The zero-order chi connectivity index (χ0) is 17.1. The first-order valence-corrected chi connectivity index (χ1v) is 8.89. The topological polar surface area (TPSA) is 38.8 Å². The van der Waals surface area contributed by atoms with Crippen LogP contribution in [0.1, 0.15) is 26.9 Å². The zero-order valence-corrected chi connectivity index (χ0v) is 14.9. The van der Waals surface area contributed by atoms with Crippen molar-refractivity contribution in [2.24, 2.45) is 0 Å². The van der Waals surface area contributed by atoms with Crippen LogP contribution in [0.5, 0.6) is 11.5 Å². The molecule has 1 aliphatic rings. The molecule has 1 heterocycles. The third-order valence-electron chi connectivity index (χ3n) is 4.11. The van der Waals surface area contributed by atoms with Crippen molar-refractivity contribution in [2.45, 2.75) is 12.3 Å². The summed E-state index contributed by atoms with van der Waals surface area (Å²) >= 11 is 1.76. The van der Waals surface area contributed by atoms with E-state index in [2.05, 4.69) is 0 Å². The molecule has 0 radical (unpaired) electrons. The number of carbonyl (C=O) groups is 1. The fraction of sp³-hybridized carbons (Fsp3) is 0.316. The summed E-state index contributed by atoms with van der Waals surface area (Å²) in [6, 6.07) is 13.5. The van der Waals surface area contributed by atoms with E-state index in [0.29, 0.717) is 0 Å². The smallest absolute Gasteiger partial charge is 0.255 e. The van der Waals surface area contributed by atoms with Crippen LogP contribution in [0.25, 0.3) is 0 Å². The van der Waals surface area contributed by atoms with Crippen molar-refractivity contribution in [1.29, 1.82) is 0 Å². The summed E-state index contributed by atoms with van der Waals surface area (Å²) in [6.45, 7) is 2.76. The molecule has 2 aromatic rings. The highest BCUT2D eigenvalue weighted by Gasteiger charge is 2.31. The molecule has 1 saturated heterocycles. The molecule has 24 heavy (non-hydrogen) atoms. The Morgan fingerprint density at radius 3 is 2.29 bits per heavy atom. The molecule has 3 rings (SSSR count). The Balaban J connectivity index is 1.90. The number of amides is 1. The van der Waals surface area contributed by atoms with Gasteiger partial charge in [-0.25, -0.2) is 0 Å². The summed E-state index contributed by atoms with van der Waals surface area (Å²) in [6.07, 6.45) is 0. The van der Waals surface area contributed by atoms with Gasteiger partial charge in [-0.15, -0.1) is 11.8 Å². The van der Waals surface area contributed by atoms with Crippen LogP contribution in [-0.2, 0) is 0 Å². The van der Waals surface area contributed by atoms with Gasteiger partial charge in [0.1, 0.15) is 16.9 Å². The van der Waals surface area contributed by atoms with E-state index in [4.69, 9.17) is 9.47 Å². The van der Waals surface area contributed by atoms with Gasteiger partial charge in [-0.2, -0.15) is 0 Å². The van der Waals surface area contributed by atoms with Gasteiger partial charge in [0.2, 0.25) is 0 Å². The van der Waals surface area contributed by atoms with E-state index in [-0.39, 0.29) is 11.3 Å². The highest BCUT2D eigenvalue weighted by molar-refractivity contribution is 7.99. The summed E-state index contributed by atoms with van der Waals surface area (Å²) in [5, 5.41) is -0.0252. The summed E-state index contributed by atoms with van der Waals surface area (Å²) in [4.78, 5) is 14.8. The SMILES string of the molecule is COc1cc(OC)cc([C@@H]2SCCN2C(=O)c2ccc(C)cc2)c1. The second kappa shape index (κ2) is 7.18. The average molecular weight is 343 g/mol. The second-order valence-corrected chi connectivity index (χ2v) is 6.92. The second-order valence-electron chi connectivity index (χ2n) is 5.73. The Morgan fingerprint density at radius 2 is 1.71 bits per heavy atom. The van der Waals surface area contributed by atoms with Gasteiger partial charge in [-0.3, -0.25) is 4.79 Å². The number of hydrogen-bond donors (Lipinski definition) is 0. The highest BCUT2D eigenvalue weighted by atomic mass is 32.2. The fourth-order valence-electron chi connectivity index (χ4n) is 2.79. The lowest BCUT2D eigenvalue weighted by atomic mass is 10.1. The number of hydrogen-bond acceptors (Lipinski definition) is 4. The summed E-state index contributed by atoms with van der Waals surface area (Å²) in [7, 11) is 3.27. The minimum Gasteiger partial charge on any atom is -0.497 e. The molecule has 1 atom stereocenters. The first-order valence-electron chi connectivity index (χ1n) is 7.84. The largest absolute Gasteiger partial charge is 0.497 e. The van der Waals surface area contributed by atoms with E-state index < -0.39 is 0 Å². The standard InChI is InChI=1S/C19H21NO3S/c1-13-4-6-14(7-5-13)18(21)20-8-9-24-19(20)15-10-16(22-2)12-17(11-15)23-3/h4-7,10-12,19H,8-9H2,1-3H3/t19-/m0/s1. The maximum atomic E-state index is 12.9. The first-order chi connectivity index (χ1) is 11.6. The maximum absolute atomic E-state index is 12.9. The number of nitrogens with zero attached hydrogens (tertiary/aromatic N) is 1. The molecule has 0 N–H and O–H groups in total. The van der Waals surface area contributed by atoms with E-state index in [9.17, 15) is 4.79 Å². The molecule has 0 spiro atoms. The molecule has 0 unspecified atom stereocenters. The van der Waals surface area contributed by atoms with Gasteiger partial charge in [0.05, 0.1) is 14.2 Å². The maximum Gasteiger partial charge on any atom is 0.255 e. The van der Waals surface area contributed by atoms with E-state index in [1.807, 2.05) is 54.3 Å². The van der Waals surface area contributed by atoms with Crippen molar-refractivity contribution in [3.8, 4) is 11.5 Å². The van der Waals surface area contributed by atoms with Gasteiger partial charge in [0.15, 0.2) is 0 Å². The normalized spacial score (nSPS) is 17.0. The summed E-state index contributed by atoms with van der Waals surface area (Å²) < 4.78 is 10.7. The van der Waals surface area contributed by atoms with E-state index >= 15 is 0 Å². The van der Waals surface area contributed by atoms with Gasteiger partial charge >= 0.3 is 0 Å². The van der Waals surface area contributed by atoms with Gasteiger partial charge in [-0.1, -0.05) is 17.7 Å².